The van der Waals surface area contributed by atoms with Gasteiger partial charge in [0.1, 0.15) is 17.0 Å². The number of imidazole rings is 2. The molecule has 0 aromatic carbocycles. The van der Waals surface area contributed by atoms with Crippen molar-refractivity contribution in [1.29, 1.82) is 0 Å². The second-order valence-corrected chi connectivity index (χ2v) is 5.33. The molecular weight excluding hydrogens is 307 g/mol. The van der Waals surface area contributed by atoms with E-state index in [0.29, 0.717) is 12.4 Å². The lowest BCUT2D eigenvalue weighted by Gasteiger charge is -2.09. The summed E-state index contributed by atoms with van der Waals surface area (Å²) in [5.74, 6) is 0.938. The van der Waals surface area contributed by atoms with Crippen LogP contribution in [0.4, 0.5) is 4.39 Å². The molecule has 0 aliphatic rings. The number of hydrogen-bond donors (Lipinski definition) is 0. The van der Waals surface area contributed by atoms with Gasteiger partial charge in [0.05, 0.1) is 6.54 Å². The highest BCUT2D eigenvalue weighted by Crippen LogP contribution is 2.20. The highest BCUT2D eigenvalue weighted by atomic mass is 19.1. The summed E-state index contributed by atoms with van der Waals surface area (Å²) in [5, 5.41) is 0. The molecular formula is C17H15FN6. The maximum atomic E-state index is 14.0. The van der Waals surface area contributed by atoms with Gasteiger partial charge < -0.3 is 9.13 Å². The minimum atomic E-state index is -0.393. The Morgan fingerprint density at radius 2 is 1.88 bits per heavy atom. The van der Waals surface area contributed by atoms with E-state index < -0.39 is 5.82 Å². The molecule has 0 amide bonds. The molecule has 0 bridgehead atoms. The van der Waals surface area contributed by atoms with Crippen molar-refractivity contribution in [1.82, 2.24) is 29.1 Å². The number of rotatable bonds is 4. The Morgan fingerprint density at radius 1 is 1.04 bits per heavy atom. The lowest BCUT2D eigenvalue weighted by Crippen LogP contribution is -2.09. The van der Waals surface area contributed by atoms with E-state index in [-0.39, 0.29) is 5.69 Å². The molecule has 6 nitrogen and oxygen atoms in total. The van der Waals surface area contributed by atoms with Gasteiger partial charge in [0.2, 0.25) is 0 Å². The lowest BCUT2D eigenvalue weighted by molar-refractivity contribution is 0.618. The molecule has 4 aromatic heterocycles. The maximum Gasteiger partial charge on any atom is 0.162 e. The van der Waals surface area contributed by atoms with Crippen LogP contribution in [0.1, 0.15) is 12.7 Å². The Balaban J connectivity index is 1.78. The van der Waals surface area contributed by atoms with Gasteiger partial charge in [-0.1, -0.05) is 0 Å². The Kier molecular flexibility index (Phi) is 3.53. The number of aryl methyl sites for hydroxylation is 1. The van der Waals surface area contributed by atoms with Crippen molar-refractivity contribution in [3.05, 3.63) is 60.7 Å². The molecule has 0 aliphatic carbocycles. The van der Waals surface area contributed by atoms with Crippen LogP contribution < -0.4 is 0 Å². The fourth-order valence-electron chi connectivity index (χ4n) is 2.81. The van der Waals surface area contributed by atoms with Gasteiger partial charge in [0.25, 0.3) is 0 Å². The molecule has 0 N–H and O–H groups in total. The van der Waals surface area contributed by atoms with Crippen LogP contribution in [0.5, 0.6) is 0 Å². The summed E-state index contributed by atoms with van der Waals surface area (Å²) in [4.78, 5) is 17.4. The smallest absolute Gasteiger partial charge is 0.162 e. The quantitative estimate of drug-likeness (QED) is 0.579. The molecule has 0 spiro atoms. The minimum Gasteiger partial charge on any atom is -0.322 e. The zero-order valence-corrected chi connectivity index (χ0v) is 13.1. The third-order valence-corrected chi connectivity index (χ3v) is 3.90. The van der Waals surface area contributed by atoms with Crippen molar-refractivity contribution in [2.75, 3.05) is 0 Å². The first-order chi connectivity index (χ1) is 11.8. The number of nitrogens with zero attached hydrogens (tertiary/aromatic N) is 6. The molecule has 0 saturated heterocycles. The molecule has 24 heavy (non-hydrogen) atoms. The summed E-state index contributed by atoms with van der Waals surface area (Å²) < 4.78 is 17.9. The Morgan fingerprint density at radius 3 is 2.71 bits per heavy atom. The molecule has 120 valence electrons. The van der Waals surface area contributed by atoms with E-state index in [2.05, 4.69) is 19.9 Å². The average molecular weight is 322 g/mol. The van der Waals surface area contributed by atoms with Crippen LogP contribution in [0.2, 0.25) is 0 Å². The minimum absolute atomic E-state index is 0.236. The standard InChI is InChI=1S/C17H15FN6/c1-2-24-14(22-13-6-4-8-20-16(13)24)11-23-10-9-21-17(23)15-12(18)5-3-7-19-15/h3-10H,2,11H2,1H3. The summed E-state index contributed by atoms with van der Waals surface area (Å²) in [7, 11) is 0. The molecule has 0 atom stereocenters. The van der Waals surface area contributed by atoms with Crippen molar-refractivity contribution in [2.45, 2.75) is 20.0 Å². The first-order valence-corrected chi connectivity index (χ1v) is 7.70. The van der Waals surface area contributed by atoms with E-state index >= 15 is 0 Å². The molecule has 4 heterocycles. The van der Waals surface area contributed by atoms with E-state index in [0.717, 1.165) is 23.5 Å². The molecule has 0 aliphatic heterocycles. The van der Waals surface area contributed by atoms with Crippen LogP contribution in [-0.2, 0) is 13.1 Å². The van der Waals surface area contributed by atoms with Gasteiger partial charge in [-0.25, -0.2) is 24.3 Å². The lowest BCUT2D eigenvalue weighted by atomic mass is 10.3. The molecule has 7 heteroatoms. The second kappa shape index (κ2) is 5.84. The SMILES string of the molecule is CCn1c(Cn2ccnc2-c2ncccc2F)nc2cccnc21. The summed E-state index contributed by atoms with van der Waals surface area (Å²) in [5.41, 5.74) is 1.93. The first-order valence-electron chi connectivity index (χ1n) is 7.70. The average Bonchev–Trinajstić information content (AvgIpc) is 3.19. The fourth-order valence-corrected chi connectivity index (χ4v) is 2.81. The number of aromatic nitrogens is 6. The van der Waals surface area contributed by atoms with Crippen LogP contribution in [-0.4, -0.2) is 29.1 Å². The normalized spacial score (nSPS) is 11.2. The van der Waals surface area contributed by atoms with E-state index in [1.807, 2.05) is 28.2 Å². The second-order valence-electron chi connectivity index (χ2n) is 5.33. The zero-order chi connectivity index (χ0) is 16.5. The molecule has 0 unspecified atom stereocenters. The summed E-state index contributed by atoms with van der Waals surface area (Å²) in [6, 6.07) is 6.75. The Bertz CT molecular complexity index is 1000. The first kappa shape index (κ1) is 14.5. The van der Waals surface area contributed by atoms with Crippen molar-refractivity contribution in [2.24, 2.45) is 0 Å². The van der Waals surface area contributed by atoms with Crippen LogP contribution in [0.25, 0.3) is 22.7 Å². The number of hydrogen-bond acceptors (Lipinski definition) is 4. The third kappa shape index (κ3) is 2.34. The van der Waals surface area contributed by atoms with Gasteiger partial charge in [0, 0.05) is 31.3 Å². The number of pyridine rings is 2. The van der Waals surface area contributed by atoms with Crippen molar-refractivity contribution >= 4 is 11.2 Å². The fraction of sp³-hybridized carbons (Fsp3) is 0.176. The number of fused-ring (bicyclic) bond motifs is 1. The third-order valence-electron chi connectivity index (χ3n) is 3.90. The van der Waals surface area contributed by atoms with Crippen molar-refractivity contribution in [3.63, 3.8) is 0 Å². The van der Waals surface area contributed by atoms with E-state index in [4.69, 9.17) is 0 Å². The summed E-state index contributed by atoms with van der Waals surface area (Å²) in [6.07, 6.45) is 6.76. The van der Waals surface area contributed by atoms with Crippen molar-refractivity contribution in [3.8, 4) is 11.5 Å². The maximum absolute atomic E-state index is 14.0. The van der Waals surface area contributed by atoms with E-state index in [9.17, 15) is 4.39 Å². The molecule has 0 radical (unpaired) electrons. The number of halogens is 1. The molecule has 0 saturated carbocycles. The van der Waals surface area contributed by atoms with Crippen LogP contribution in [0, 0.1) is 5.82 Å². The molecule has 4 rings (SSSR count). The van der Waals surface area contributed by atoms with Crippen LogP contribution in [0.15, 0.2) is 49.1 Å². The van der Waals surface area contributed by atoms with E-state index in [1.165, 1.54) is 6.07 Å². The Labute approximate surface area is 137 Å². The van der Waals surface area contributed by atoms with Gasteiger partial charge in [-0.15, -0.1) is 0 Å². The zero-order valence-electron chi connectivity index (χ0n) is 13.1. The largest absolute Gasteiger partial charge is 0.322 e. The van der Waals surface area contributed by atoms with Gasteiger partial charge >= 0.3 is 0 Å². The Hall–Kier alpha value is -3.09. The van der Waals surface area contributed by atoms with Gasteiger partial charge in [0.15, 0.2) is 17.3 Å². The predicted octanol–water partition coefficient (Wildman–Crippen LogP) is 2.90. The van der Waals surface area contributed by atoms with Crippen LogP contribution >= 0.6 is 0 Å². The molecule has 0 fully saturated rings. The summed E-state index contributed by atoms with van der Waals surface area (Å²) >= 11 is 0. The highest BCUT2D eigenvalue weighted by Gasteiger charge is 2.16. The van der Waals surface area contributed by atoms with E-state index in [1.54, 1.807) is 30.9 Å². The topological polar surface area (TPSA) is 61.4 Å². The molecule has 4 aromatic rings. The van der Waals surface area contributed by atoms with Gasteiger partial charge in [-0.2, -0.15) is 0 Å². The van der Waals surface area contributed by atoms with Crippen molar-refractivity contribution < 1.29 is 4.39 Å². The highest BCUT2D eigenvalue weighted by molar-refractivity contribution is 5.71. The van der Waals surface area contributed by atoms with Gasteiger partial charge in [-0.05, 0) is 31.2 Å². The monoisotopic (exact) mass is 322 g/mol. The predicted molar refractivity (Wildman–Crippen MR) is 87.7 cm³/mol. The van der Waals surface area contributed by atoms with Crippen LogP contribution in [0.3, 0.4) is 0 Å². The van der Waals surface area contributed by atoms with Gasteiger partial charge in [-0.3, -0.25) is 0 Å². The summed E-state index contributed by atoms with van der Waals surface area (Å²) in [6.45, 7) is 3.27.